The Bertz CT molecular complexity index is 631. The van der Waals surface area contributed by atoms with Gasteiger partial charge in [-0.1, -0.05) is 10.4 Å². The van der Waals surface area contributed by atoms with Crippen molar-refractivity contribution in [3.8, 4) is 0 Å². The van der Waals surface area contributed by atoms with Crippen LogP contribution in [0.3, 0.4) is 0 Å². The predicted octanol–water partition coefficient (Wildman–Crippen LogP) is -1.29. The van der Waals surface area contributed by atoms with Crippen LogP contribution in [0.5, 0.6) is 0 Å². The van der Waals surface area contributed by atoms with E-state index in [-0.39, 0.29) is 24.0 Å². The first-order valence-electron chi connectivity index (χ1n) is 5.04. The van der Waals surface area contributed by atoms with Gasteiger partial charge in [-0.3, -0.25) is 0 Å². The SMILES string of the molecule is CS(=O)(=O)Cc1noc(Cn2cc(CN)nn2)n1. The molecule has 0 spiro atoms. The summed E-state index contributed by atoms with van der Waals surface area (Å²) in [6.45, 7) is 0.521. The fourth-order valence-corrected chi connectivity index (χ4v) is 1.88. The number of rotatable bonds is 5. The predicted molar refractivity (Wildman–Crippen MR) is 59.9 cm³/mol. The average Bonchev–Trinajstić information content (AvgIpc) is 2.86. The van der Waals surface area contributed by atoms with Crippen molar-refractivity contribution in [1.82, 2.24) is 25.1 Å². The monoisotopic (exact) mass is 272 g/mol. The van der Waals surface area contributed by atoms with E-state index in [0.29, 0.717) is 12.2 Å². The summed E-state index contributed by atoms with van der Waals surface area (Å²) in [4.78, 5) is 3.95. The minimum Gasteiger partial charge on any atom is -0.337 e. The standard InChI is InChI=1S/C8H12N6O3S/c1-18(15,16)5-7-10-8(17-12-7)4-14-3-6(2-9)11-13-14/h3H,2,4-5,9H2,1H3. The second-order valence-corrected chi connectivity index (χ2v) is 5.93. The van der Waals surface area contributed by atoms with Gasteiger partial charge < -0.3 is 10.3 Å². The Kier molecular flexibility index (Phi) is 3.39. The van der Waals surface area contributed by atoms with Crippen molar-refractivity contribution in [2.45, 2.75) is 18.8 Å². The Balaban J connectivity index is 2.06. The van der Waals surface area contributed by atoms with Gasteiger partial charge in [-0.25, -0.2) is 13.1 Å². The van der Waals surface area contributed by atoms with Gasteiger partial charge in [-0.15, -0.1) is 5.10 Å². The lowest BCUT2D eigenvalue weighted by Gasteiger charge is -1.92. The van der Waals surface area contributed by atoms with Crippen LogP contribution in [0.1, 0.15) is 17.4 Å². The summed E-state index contributed by atoms with van der Waals surface area (Å²) in [5, 5.41) is 11.2. The van der Waals surface area contributed by atoms with Crippen LogP contribution in [-0.4, -0.2) is 39.8 Å². The van der Waals surface area contributed by atoms with Crippen molar-refractivity contribution in [3.63, 3.8) is 0 Å². The molecular weight excluding hydrogens is 260 g/mol. The second-order valence-electron chi connectivity index (χ2n) is 3.79. The third-order valence-electron chi connectivity index (χ3n) is 1.99. The lowest BCUT2D eigenvalue weighted by Crippen LogP contribution is -2.04. The average molecular weight is 272 g/mol. The van der Waals surface area contributed by atoms with Crippen LogP contribution in [0.2, 0.25) is 0 Å². The molecular formula is C8H12N6O3S. The molecule has 2 aromatic heterocycles. The van der Waals surface area contributed by atoms with Crippen LogP contribution in [0, 0.1) is 0 Å². The van der Waals surface area contributed by atoms with Crippen LogP contribution in [0.15, 0.2) is 10.7 Å². The van der Waals surface area contributed by atoms with Crippen molar-refractivity contribution in [2.24, 2.45) is 5.73 Å². The van der Waals surface area contributed by atoms with Crippen molar-refractivity contribution in [2.75, 3.05) is 6.26 Å². The number of nitrogens with zero attached hydrogens (tertiary/aromatic N) is 5. The van der Waals surface area contributed by atoms with Gasteiger partial charge in [0.05, 0.1) is 11.9 Å². The molecule has 2 N–H and O–H groups in total. The molecule has 0 aliphatic rings. The van der Waals surface area contributed by atoms with E-state index in [1.165, 1.54) is 4.68 Å². The van der Waals surface area contributed by atoms with Crippen LogP contribution in [0.4, 0.5) is 0 Å². The van der Waals surface area contributed by atoms with Gasteiger partial charge in [0.25, 0.3) is 0 Å². The zero-order valence-corrected chi connectivity index (χ0v) is 10.5. The molecule has 0 amide bonds. The van der Waals surface area contributed by atoms with E-state index in [1.807, 2.05) is 0 Å². The van der Waals surface area contributed by atoms with Gasteiger partial charge in [0.15, 0.2) is 15.7 Å². The maximum absolute atomic E-state index is 11.0. The highest BCUT2D eigenvalue weighted by molar-refractivity contribution is 7.89. The quantitative estimate of drug-likeness (QED) is 0.711. The van der Waals surface area contributed by atoms with Crippen molar-refractivity contribution >= 4 is 9.84 Å². The lowest BCUT2D eigenvalue weighted by atomic mass is 10.5. The number of hydrogen-bond acceptors (Lipinski definition) is 8. The van der Waals surface area contributed by atoms with Crippen LogP contribution < -0.4 is 5.73 Å². The van der Waals surface area contributed by atoms with E-state index < -0.39 is 9.84 Å². The summed E-state index contributed by atoms with van der Waals surface area (Å²) in [6, 6.07) is 0. The summed E-state index contributed by atoms with van der Waals surface area (Å²) < 4.78 is 28.5. The zero-order valence-electron chi connectivity index (χ0n) is 9.65. The third kappa shape index (κ3) is 3.34. The molecule has 0 radical (unpaired) electrons. The van der Waals surface area contributed by atoms with Crippen molar-refractivity contribution in [3.05, 3.63) is 23.6 Å². The Labute approximate surface area is 103 Å². The zero-order chi connectivity index (χ0) is 13.2. The van der Waals surface area contributed by atoms with E-state index in [4.69, 9.17) is 10.3 Å². The molecule has 2 heterocycles. The van der Waals surface area contributed by atoms with E-state index in [0.717, 1.165) is 6.26 Å². The Hall–Kier alpha value is -1.81. The van der Waals surface area contributed by atoms with E-state index >= 15 is 0 Å². The molecule has 0 saturated heterocycles. The first kappa shape index (κ1) is 12.6. The van der Waals surface area contributed by atoms with Gasteiger partial charge in [0.2, 0.25) is 5.89 Å². The molecule has 0 fully saturated rings. The summed E-state index contributed by atoms with van der Waals surface area (Å²) in [5.41, 5.74) is 6.04. The van der Waals surface area contributed by atoms with Gasteiger partial charge in [-0.05, 0) is 0 Å². The van der Waals surface area contributed by atoms with Gasteiger partial charge in [-0.2, -0.15) is 4.98 Å². The molecule has 0 aliphatic heterocycles. The molecule has 9 nitrogen and oxygen atoms in total. The number of aromatic nitrogens is 5. The maximum Gasteiger partial charge on any atom is 0.248 e. The van der Waals surface area contributed by atoms with E-state index in [2.05, 4.69) is 20.5 Å². The first-order valence-corrected chi connectivity index (χ1v) is 7.10. The minimum atomic E-state index is -3.17. The van der Waals surface area contributed by atoms with Crippen molar-refractivity contribution in [1.29, 1.82) is 0 Å². The Morgan fingerprint density at radius 1 is 1.50 bits per heavy atom. The lowest BCUT2D eigenvalue weighted by molar-refractivity contribution is 0.361. The summed E-state index contributed by atoms with van der Waals surface area (Å²) in [6.07, 6.45) is 2.76. The highest BCUT2D eigenvalue weighted by Gasteiger charge is 2.12. The van der Waals surface area contributed by atoms with Crippen LogP contribution in [-0.2, 0) is 28.7 Å². The molecule has 0 aliphatic carbocycles. The summed E-state index contributed by atoms with van der Waals surface area (Å²) in [5.74, 6) is 0.149. The maximum atomic E-state index is 11.0. The molecule has 18 heavy (non-hydrogen) atoms. The molecule has 0 saturated carbocycles. The molecule has 0 aromatic carbocycles. The Morgan fingerprint density at radius 2 is 2.28 bits per heavy atom. The molecule has 0 bridgehead atoms. The van der Waals surface area contributed by atoms with Gasteiger partial charge in [0.1, 0.15) is 12.3 Å². The minimum absolute atomic E-state index is 0.131. The molecule has 2 rings (SSSR count). The fourth-order valence-electron chi connectivity index (χ4n) is 1.30. The molecule has 10 heteroatoms. The van der Waals surface area contributed by atoms with Crippen LogP contribution >= 0.6 is 0 Å². The summed E-state index contributed by atoms with van der Waals surface area (Å²) >= 11 is 0. The van der Waals surface area contributed by atoms with Crippen LogP contribution in [0.25, 0.3) is 0 Å². The normalized spacial score (nSPS) is 11.9. The molecule has 0 atom stereocenters. The van der Waals surface area contributed by atoms with E-state index in [1.54, 1.807) is 6.20 Å². The highest BCUT2D eigenvalue weighted by Crippen LogP contribution is 2.03. The fraction of sp³-hybridized carbons (Fsp3) is 0.500. The van der Waals surface area contributed by atoms with Gasteiger partial charge >= 0.3 is 0 Å². The second kappa shape index (κ2) is 4.82. The number of hydrogen-bond donors (Lipinski definition) is 1. The third-order valence-corrected chi connectivity index (χ3v) is 2.78. The topological polar surface area (TPSA) is 130 Å². The molecule has 98 valence electrons. The first-order chi connectivity index (χ1) is 8.46. The Morgan fingerprint density at radius 3 is 2.89 bits per heavy atom. The molecule has 0 unspecified atom stereocenters. The van der Waals surface area contributed by atoms with Gasteiger partial charge in [0, 0.05) is 12.8 Å². The largest absolute Gasteiger partial charge is 0.337 e. The molecule has 2 aromatic rings. The van der Waals surface area contributed by atoms with Crippen molar-refractivity contribution < 1.29 is 12.9 Å². The smallest absolute Gasteiger partial charge is 0.248 e. The van der Waals surface area contributed by atoms with E-state index in [9.17, 15) is 8.42 Å². The summed E-state index contributed by atoms with van der Waals surface area (Å²) in [7, 11) is -3.17. The number of sulfone groups is 1. The number of nitrogens with two attached hydrogens (primary N) is 1. The highest BCUT2D eigenvalue weighted by atomic mass is 32.2.